The van der Waals surface area contributed by atoms with Gasteiger partial charge in [0.2, 0.25) is 0 Å². The molecule has 152 valence electrons. The summed E-state index contributed by atoms with van der Waals surface area (Å²) in [7, 11) is 1.52. The molecule has 31 heavy (non-hydrogen) atoms. The first-order valence-corrected chi connectivity index (χ1v) is 9.77. The summed E-state index contributed by atoms with van der Waals surface area (Å²) in [6.45, 7) is 7.65. The molecule has 0 spiro atoms. The van der Waals surface area contributed by atoms with E-state index in [0.717, 1.165) is 22.4 Å². The van der Waals surface area contributed by atoms with E-state index in [0.29, 0.717) is 23.4 Å². The van der Waals surface area contributed by atoms with Crippen LogP contribution >= 0.6 is 0 Å². The molecule has 0 radical (unpaired) electrons. The number of methoxy groups -OCH3 is 1. The molecule has 0 aliphatic rings. The number of carbonyl (C=O) groups is 1. The summed E-state index contributed by atoms with van der Waals surface area (Å²) in [6, 6.07) is 14.6. The summed E-state index contributed by atoms with van der Waals surface area (Å²) < 4.78 is 7.05. The Kier molecular flexibility index (Phi) is 5.58. The van der Waals surface area contributed by atoms with E-state index >= 15 is 0 Å². The number of aromatic nitrogens is 3. The second-order valence-corrected chi connectivity index (χ2v) is 7.15. The van der Waals surface area contributed by atoms with Gasteiger partial charge in [0.1, 0.15) is 0 Å². The predicted molar refractivity (Wildman–Crippen MR) is 123 cm³/mol. The minimum absolute atomic E-state index is 0.0879. The average Bonchev–Trinajstić information content (AvgIpc) is 2.80. The van der Waals surface area contributed by atoms with Crippen LogP contribution in [0.3, 0.4) is 0 Å². The second kappa shape index (κ2) is 8.48. The van der Waals surface area contributed by atoms with Gasteiger partial charge >= 0.3 is 168 Å². The van der Waals surface area contributed by atoms with Crippen LogP contribution in [-0.4, -0.2) is 40.8 Å². The fraction of sp³-hybridized carbons (Fsp3) is 0.125. The molecule has 0 bridgehead atoms. The van der Waals surface area contributed by atoms with Gasteiger partial charge in [-0.25, -0.2) is 0 Å². The molecule has 4 aromatic rings. The molecule has 6 nitrogen and oxygen atoms in total. The van der Waals surface area contributed by atoms with Gasteiger partial charge in [-0.3, -0.25) is 0 Å². The second-order valence-electron chi connectivity index (χ2n) is 7.15. The Balaban J connectivity index is 1.85. The van der Waals surface area contributed by atoms with E-state index < -0.39 is 0 Å². The third-order valence-electron chi connectivity index (χ3n) is 5.09. The third-order valence-corrected chi connectivity index (χ3v) is 5.09. The molecule has 7 heteroatoms. The molecule has 0 saturated carbocycles. The molecular formula is C24H20BN3O3. The molecule has 4 rings (SSSR count). The standard InChI is InChI=1S/C24H20BN3O3/c1-15-11-16(12-26-24(15)31-3)22(29)19-14-28(13-17-7-6-10-21(25-2)27-17)20-9-5-4-8-18(20)23(19)30/h4-12,14H,2,13H2,1,3H3. The van der Waals surface area contributed by atoms with E-state index in [9.17, 15) is 9.59 Å². The Bertz CT molecular complexity index is 1380. The van der Waals surface area contributed by atoms with Crippen molar-refractivity contribution >= 4 is 35.7 Å². The van der Waals surface area contributed by atoms with E-state index in [1.54, 1.807) is 38.2 Å². The van der Waals surface area contributed by atoms with Crippen molar-refractivity contribution in [1.82, 2.24) is 14.5 Å². The maximum atomic E-state index is 13.2. The van der Waals surface area contributed by atoms with Crippen molar-refractivity contribution in [2.24, 2.45) is 0 Å². The Hall–Kier alpha value is -3.87. The van der Waals surface area contributed by atoms with Gasteiger partial charge in [-0.2, -0.15) is 0 Å². The number of hydrogen-bond donors (Lipinski definition) is 0. The average molecular weight is 409 g/mol. The van der Waals surface area contributed by atoms with Gasteiger partial charge in [-0.15, -0.1) is 0 Å². The van der Waals surface area contributed by atoms with E-state index in [-0.39, 0.29) is 16.8 Å². The zero-order valence-electron chi connectivity index (χ0n) is 17.3. The number of fused-ring (bicyclic) bond motifs is 1. The van der Waals surface area contributed by atoms with Gasteiger partial charge in [0.05, 0.1) is 7.11 Å². The molecule has 0 N–H and O–H groups in total. The number of pyridine rings is 3. The topological polar surface area (TPSA) is 74.1 Å². The molecule has 0 atom stereocenters. The number of rotatable bonds is 6. The van der Waals surface area contributed by atoms with Crippen molar-refractivity contribution in [3.63, 3.8) is 0 Å². The molecule has 3 heterocycles. The maximum absolute atomic E-state index is 13.2. The van der Waals surface area contributed by atoms with Gasteiger partial charge in [-0.05, 0) is 0 Å². The van der Waals surface area contributed by atoms with Crippen LogP contribution < -0.4 is 15.8 Å². The van der Waals surface area contributed by atoms with E-state index in [4.69, 9.17) is 4.74 Å². The number of ether oxygens (including phenoxy) is 1. The monoisotopic (exact) mass is 409 g/mol. The van der Waals surface area contributed by atoms with E-state index in [2.05, 4.69) is 16.4 Å². The molecule has 3 aromatic heterocycles. The first-order chi connectivity index (χ1) is 15.0. The number of ketones is 1. The van der Waals surface area contributed by atoms with Gasteiger partial charge in [0.15, 0.2) is 0 Å². The molecule has 0 aliphatic carbocycles. The van der Waals surface area contributed by atoms with Gasteiger partial charge in [0, 0.05) is 0 Å². The third kappa shape index (κ3) is 3.94. The molecule has 0 unspecified atom stereocenters. The van der Waals surface area contributed by atoms with E-state index in [1.807, 2.05) is 34.9 Å². The molecule has 0 amide bonds. The van der Waals surface area contributed by atoms with Crippen LogP contribution in [0.1, 0.15) is 27.2 Å². The number of benzene rings is 1. The Morgan fingerprint density at radius 2 is 2.00 bits per heavy atom. The Labute approximate surface area is 180 Å². The van der Waals surface area contributed by atoms with Gasteiger partial charge < -0.3 is 4.74 Å². The summed E-state index contributed by atoms with van der Waals surface area (Å²) in [6.07, 6.45) is 3.04. The van der Waals surface area contributed by atoms with Crippen LogP contribution in [0.2, 0.25) is 0 Å². The number of carbonyl (C=O) groups excluding carboxylic acids is 1. The fourth-order valence-electron chi connectivity index (χ4n) is 3.57. The molecule has 1 aromatic carbocycles. The first-order valence-electron chi connectivity index (χ1n) is 9.77. The van der Waals surface area contributed by atoms with Crippen LogP contribution in [0.5, 0.6) is 5.88 Å². The number of aryl methyl sites for hydroxylation is 1. The van der Waals surface area contributed by atoms with Crippen molar-refractivity contribution in [2.75, 3.05) is 7.11 Å². The van der Waals surface area contributed by atoms with Crippen molar-refractivity contribution in [1.29, 1.82) is 0 Å². The quantitative estimate of drug-likeness (QED) is 0.361. The van der Waals surface area contributed by atoms with Crippen molar-refractivity contribution in [3.8, 4) is 5.88 Å². The summed E-state index contributed by atoms with van der Waals surface area (Å²) in [5, 5.41) is 0.478. The Morgan fingerprint density at radius 3 is 2.74 bits per heavy atom. The summed E-state index contributed by atoms with van der Waals surface area (Å²) in [4.78, 5) is 35.1. The zero-order chi connectivity index (χ0) is 22.0. The van der Waals surface area contributed by atoms with Crippen LogP contribution in [-0.2, 0) is 6.54 Å². The minimum atomic E-state index is -0.379. The van der Waals surface area contributed by atoms with E-state index in [1.165, 1.54) is 13.3 Å². The number of para-hydroxylation sites is 1. The summed E-state index contributed by atoms with van der Waals surface area (Å²) >= 11 is 0. The van der Waals surface area contributed by atoms with Crippen LogP contribution in [0, 0.1) is 6.92 Å². The normalized spacial score (nSPS) is 10.6. The van der Waals surface area contributed by atoms with Gasteiger partial charge in [-0.1, -0.05) is 0 Å². The van der Waals surface area contributed by atoms with Crippen LogP contribution in [0.4, 0.5) is 0 Å². The molecule has 0 saturated heterocycles. The molecule has 0 aliphatic heterocycles. The first kappa shape index (κ1) is 20.4. The van der Waals surface area contributed by atoms with Crippen molar-refractivity contribution in [3.05, 3.63) is 93.5 Å². The SMILES string of the molecule is C=Bc1cccc(Cn2cc(C(=O)c3cnc(OC)c(C)c3)c(=O)c3ccccc32)n1. The number of hydrogen-bond acceptors (Lipinski definition) is 5. The fourth-order valence-corrected chi connectivity index (χ4v) is 3.57. The predicted octanol–water partition coefficient (Wildman–Crippen LogP) is 2.15. The van der Waals surface area contributed by atoms with Crippen molar-refractivity contribution < 1.29 is 9.53 Å². The molecular weight excluding hydrogens is 389 g/mol. The van der Waals surface area contributed by atoms with Crippen LogP contribution in [0.15, 0.2) is 65.7 Å². The molecule has 0 fully saturated rings. The summed E-state index contributed by atoms with van der Waals surface area (Å²) in [5.41, 5.74) is 3.14. The zero-order valence-corrected chi connectivity index (χ0v) is 17.3. The number of nitrogens with zero attached hydrogens (tertiary/aromatic N) is 3. The summed E-state index contributed by atoms with van der Waals surface area (Å²) in [5.74, 6) is 0.0659. The van der Waals surface area contributed by atoms with Crippen molar-refractivity contribution in [2.45, 2.75) is 13.5 Å². The Morgan fingerprint density at radius 1 is 1.19 bits per heavy atom. The van der Waals surface area contributed by atoms with Crippen LogP contribution in [0.25, 0.3) is 10.9 Å². The van der Waals surface area contributed by atoms with Gasteiger partial charge in [0.25, 0.3) is 0 Å².